The quantitative estimate of drug-likeness (QED) is 0.780. The number of nitrogens with one attached hydrogen (secondary N) is 1. The number of fused-ring (bicyclic) bond motifs is 1. The van der Waals surface area contributed by atoms with Crippen molar-refractivity contribution < 1.29 is 9.32 Å². The highest BCUT2D eigenvalue weighted by Gasteiger charge is 2.13. The Bertz CT molecular complexity index is 790. The van der Waals surface area contributed by atoms with E-state index in [4.69, 9.17) is 4.42 Å². The lowest BCUT2D eigenvalue weighted by Crippen LogP contribution is -3.07. The molecule has 3 aromatic rings. The summed E-state index contributed by atoms with van der Waals surface area (Å²) in [6, 6.07) is 11.7. The number of para-hydroxylation sites is 2. The van der Waals surface area contributed by atoms with Crippen molar-refractivity contribution in [2.45, 2.75) is 13.2 Å². The summed E-state index contributed by atoms with van der Waals surface area (Å²) in [6.45, 7) is 1.47. The first-order valence-electron chi connectivity index (χ1n) is 6.27. The molecule has 0 saturated heterocycles. The van der Waals surface area contributed by atoms with Crippen molar-refractivity contribution in [2.24, 2.45) is 0 Å². The van der Waals surface area contributed by atoms with Gasteiger partial charge in [-0.2, -0.15) is 0 Å². The molecule has 20 heavy (non-hydrogen) atoms. The molecule has 0 radical (unpaired) electrons. The number of oxazole rings is 1. The summed E-state index contributed by atoms with van der Waals surface area (Å²) in [5, 5.41) is 0. The van der Waals surface area contributed by atoms with Crippen LogP contribution >= 0.6 is 27.3 Å². The van der Waals surface area contributed by atoms with E-state index in [9.17, 15) is 4.79 Å². The number of aromatic nitrogens is 1. The molecule has 1 N–H and O–H groups in total. The summed E-state index contributed by atoms with van der Waals surface area (Å²) in [7, 11) is 2.07. The SMILES string of the molecule is C[NH+](Cc1ccc(Br)s1)Cn1c(=O)oc2ccccc21. The van der Waals surface area contributed by atoms with Crippen LogP contribution in [0.2, 0.25) is 0 Å². The second-order valence-electron chi connectivity index (χ2n) is 4.76. The number of nitrogens with zero attached hydrogens (tertiary/aromatic N) is 1. The number of benzene rings is 1. The highest BCUT2D eigenvalue weighted by molar-refractivity contribution is 9.11. The van der Waals surface area contributed by atoms with Gasteiger partial charge in [0.15, 0.2) is 12.3 Å². The molecule has 0 aliphatic carbocycles. The van der Waals surface area contributed by atoms with Crippen LogP contribution in [-0.4, -0.2) is 11.6 Å². The number of hydrogen-bond donors (Lipinski definition) is 1. The van der Waals surface area contributed by atoms with E-state index < -0.39 is 0 Å². The molecule has 1 unspecified atom stereocenters. The van der Waals surface area contributed by atoms with Gasteiger partial charge in [0.2, 0.25) is 0 Å². The van der Waals surface area contributed by atoms with E-state index in [1.807, 2.05) is 30.3 Å². The van der Waals surface area contributed by atoms with E-state index in [1.54, 1.807) is 15.9 Å². The first-order valence-corrected chi connectivity index (χ1v) is 7.88. The van der Waals surface area contributed by atoms with Crippen LogP contribution in [-0.2, 0) is 13.2 Å². The fraction of sp³-hybridized carbons (Fsp3) is 0.214. The van der Waals surface area contributed by atoms with Crippen molar-refractivity contribution in [3.63, 3.8) is 0 Å². The maximum absolute atomic E-state index is 11.9. The molecule has 2 aromatic heterocycles. The van der Waals surface area contributed by atoms with Crippen LogP contribution in [0.4, 0.5) is 0 Å². The van der Waals surface area contributed by atoms with Gasteiger partial charge in [-0.1, -0.05) is 12.1 Å². The Morgan fingerprint density at radius 2 is 2.10 bits per heavy atom. The third kappa shape index (κ3) is 2.72. The molecule has 1 atom stereocenters. The summed E-state index contributed by atoms with van der Waals surface area (Å²) >= 11 is 5.19. The lowest BCUT2D eigenvalue weighted by atomic mass is 10.3. The van der Waals surface area contributed by atoms with Gasteiger partial charge in [-0.05, 0) is 40.2 Å². The zero-order chi connectivity index (χ0) is 14.1. The van der Waals surface area contributed by atoms with Crippen LogP contribution in [0.3, 0.4) is 0 Å². The molecular weight excluding hydrogens is 340 g/mol. The van der Waals surface area contributed by atoms with E-state index in [1.165, 1.54) is 9.78 Å². The normalized spacial score (nSPS) is 12.9. The number of thiophene rings is 1. The first kappa shape index (κ1) is 13.6. The highest BCUT2D eigenvalue weighted by atomic mass is 79.9. The van der Waals surface area contributed by atoms with E-state index >= 15 is 0 Å². The van der Waals surface area contributed by atoms with Crippen molar-refractivity contribution in [3.05, 3.63) is 55.6 Å². The predicted molar refractivity (Wildman–Crippen MR) is 83.1 cm³/mol. The Morgan fingerprint density at radius 1 is 1.30 bits per heavy atom. The Kier molecular flexibility index (Phi) is 3.78. The second-order valence-corrected chi connectivity index (χ2v) is 7.31. The van der Waals surface area contributed by atoms with E-state index in [0.29, 0.717) is 12.3 Å². The van der Waals surface area contributed by atoms with Crippen molar-refractivity contribution in [2.75, 3.05) is 7.05 Å². The molecule has 0 spiro atoms. The summed E-state index contributed by atoms with van der Waals surface area (Å²) in [4.78, 5) is 14.4. The largest absolute Gasteiger partial charge is 0.424 e. The van der Waals surface area contributed by atoms with Crippen LogP contribution in [0.25, 0.3) is 11.1 Å². The molecule has 2 heterocycles. The zero-order valence-corrected chi connectivity index (χ0v) is 13.3. The van der Waals surface area contributed by atoms with Gasteiger partial charge in [-0.25, -0.2) is 9.36 Å². The van der Waals surface area contributed by atoms with Gasteiger partial charge in [0, 0.05) is 0 Å². The molecule has 0 saturated carbocycles. The highest BCUT2D eigenvalue weighted by Crippen LogP contribution is 2.21. The summed E-state index contributed by atoms with van der Waals surface area (Å²) in [5.74, 6) is -0.294. The van der Waals surface area contributed by atoms with Crippen LogP contribution in [0.1, 0.15) is 4.88 Å². The lowest BCUT2D eigenvalue weighted by molar-refractivity contribution is -0.916. The molecule has 4 nitrogen and oxygen atoms in total. The van der Waals surface area contributed by atoms with Crippen LogP contribution in [0.15, 0.2) is 49.4 Å². The molecule has 0 fully saturated rings. The fourth-order valence-electron chi connectivity index (χ4n) is 2.23. The van der Waals surface area contributed by atoms with Crippen molar-refractivity contribution in [1.82, 2.24) is 4.57 Å². The number of quaternary nitrogens is 1. The summed E-state index contributed by atoms with van der Waals surface area (Å²) in [5.41, 5.74) is 1.49. The molecular formula is C14H14BrN2O2S+. The minimum Gasteiger partial charge on any atom is -0.408 e. The van der Waals surface area contributed by atoms with Gasteiger partial charge < -0.3 is 9.32 Å². The summed E-state index contributed by atoms with van der Waals surface area (Å²) in [6.07, 6.45) is 0. The molecule has 0 amide bonds. The maximum atomic E-state index is 11.9. The molecule has 1 aromatic carbocycles. The molecule has 0 aliphatic heterocycles. The maximum Gasteiger partial charge on any atom is 0.424 e. The van der Waals surface area contributed by atoms with E-state index in [2.05, 4.69) is 29.0 Å². The molecule has 0 bridgehead atoms. The van der Waals surface area contributed by atoms with E-state index in [0.717, 1.165) is 15.8 Å². The fourth-order valence-corrected chi connectivity index (χ4v) is 3.83. The molecule has 3 rings (SSSR count). The van der Waals surface area contributed by atoms with E-state index in [-0.39, 0.29) is 5.76 Å². The van der Waals surface area contributed by atoms with Gasteiger partial charge in [-0.15, -0.1) is 11.3 Å². The Hall–Kier alpha value is -1.37. The summed E-state index contributed by atoms with van der Waals surface area (Å²) < 4.78 is 8.06. The lowest BCUT2D eigenvalue weighted by Gasteiger charge is -2.12. The Morgan fingerprint density at radius 3 is 2.85 bits per heavy atom. The van der Waals surface area contributed by atoms with Crippen molar-refractivity contribution in [1.29, 1.82) is 0 Å². The van der Waals surface area contributed by atoms with Crippen LogP contribution in [0, 0.1) is 0 Å². The number of hydrogen-bond acceptors (Lipinski definition) is 3. The molecule has 104 valence electrons. The topological polar surface area (TPSA) is 39.6 Å². The number of rotatable bonds is 4. The van der Waals surface area contributed by atoms with Gasteiger partial charge in [0.1, 0.15) is 6.54 Å². The van der Waals surface area contributed by atoms with Gasteiger partial charge in [0.25, 0.3) is 0 Å². The third-order valence-electron chi connectivity index (χ3n) is 3.11. The molecule has 0 aliphatic rings. The minimum atomic E-state index is -0.294. The monoisotopic (exact) mass is 353 g/mol. The Labute approximate surface area is 128 Å². The van der Waals surface area contributed by atoms with Gasteiger partial charge >= 0.3 is 5.76 Å². The third-order valence-corrected chi connectivity index (χ3v) is 4.73. The van der Waals surface area contributed by atoms with Gasteiger partial charge in [-0.3, -0.25) is 0 Å². The average Bonchev–Trinajstić information content (AvgIpc) is 2.94. The smallest absolute Gasteiger partial charge is 0.408 e. The Balaban J connectivity index is 1.82. The average molecular weight is 354 g/mol. The van der Waals surface area contributed by atoms with Crippen LogP contribution < -0.4 is 10.7 Å². The molecule has 6 heteroatoms. The standard InChI is InChI=1S/C14H13BrN2O2S/c1-16(8-10-6-7-13(15)20-10)9-17-11-4-2-3-5-12(11)19-14(17)18/h2-7H,8-9H2,1H3/p+1. The second kappa shape index (κ2) is 5.55. The van der Waals surface area contributed by atoms with Crippen molar-refractivity contribution in [3.8, 4) is 0 Å². The van der Waals surface area contributed by atoms with Gasteiger partial charge in [0.05, 0.1) is 21.2 Å². The van der Waals surface area contributed by atoms with Crippen LogP contribution in [0.5, 0.6) is 0 Å². The van der Waals surface area contributed by atoms with Crippen molar-refractivity contribution >= 4 is 38.4 Å². The minimum absolute atomic E-state index is 0.294. The number of halogens is 1. The first-order chi connectivity index (χ1) is 9.63. The predicted octanol–water partition coefficient (Wildman–Crippen LogP) is 2.09. The zero-order valence-electron chi connectivity index (χ0n) is 10.9.